The first-order chi connectivity index (χ1) is 3.66. The average molecular weight is 113 g/mol. The molecule has 8 heavy (non-hydrogen) atoms. The summed E-state index contributed by atoms with van der Waals surface area (Å²) in [6, 6.07) is 0. The molecule has 3 heteroatoms. The molecule has 0 unspecified atom stereocenters. The summed E-state index contributed by atoms with van der Waals surface area (Å²) in [5.41, 5.74) is 3.87. The molecule has 0 saturated carbocycles. The minimum Gasteiger partial charge on any atom is -0.468 e. The van der Waals surface area contributed by atoms with Crippen molar-refractivity contribution < 1.29 is 4.68 Å². The molecule has 0 radical (unpaired) electrons. The van der Waals surface area contributed by atoms with Gasteiger partial charge < -0.3 is 4.99 Å². The molecule has 0 fully saturated rings. The van der Waals surface area contributed by atoms with Gasteiger partial charge in [-0.3, -0.25) is 0 Å². The maximum atomic E-state index is 3.87. The molecular weight excluding hydrogens is 102 g/mol. The first kappa shape index (κ1) is 7.14. The van der Waals surface area contributed by atoms with Crippen molar-refractivity contribution in [2.24, 2.45) is 4.99 Å². The number of hydrogen-bond acceptors (Lipinski definition) is 1. The fraction of sp³-hybridized carbons (Fsp3) is 0.600. The molecule has 0 aliphatic rings. The van der Waals surface area contributed by atoms with Crippen molar-refractivity contribution in [3.05, 3.63) is 5.43 Å². The van der Waals surface area contributed by atoms with Crippen LogP contribution in [0.4, 0.5) is 0 Å². The summed E-state index contributed by atoms with van der Waals surface area (Å²) in [7, 11) is 3.46. The van der Waals surface area contributed by atoms with E-state index in [0.717, 1.165) is 5.84 Å². The lowest BCUT2D eigenvalue weighted by atomic mass is 10.7. The minimum absolute atomic E-state index is 0.738. The van der Waals surface area contributed by atoms with Crippen LogP contribution in [0.2, 0.25) is 0 Å². The highest BCUT2D eigenvalue weighted by Gasteiger charge is 1.78. The van der Waals surface area contributed by atoms with E-state index in [-0.39, 0.29) is 0 Å². The molecule has 0 rings (SSSR count). The fourth-order valence-electron chi connectivity index (χ4n) is 0.292. The highest BCUT2D eigenvalue weighted by Crippen LogP contribution is 1.86. The summed E-state index contributed by atoms with van der Waals surface area (Å²) in [6.07, 6.45) is 0. The van der Waals surface area contributed by atoms with E-state index in [4.69, 9.17) is 0 Å². The number of nitrogens with zero attached hydrogens (tertiary/aromatic N) is 3. The van der Waals surface area contributed by atoms with Gasteiger partial charge in [-0.1, -0.05) is 7.05 Å². The summed E-state index contributed by atoms with van der Waals surface area (Å²) in [6.45, 7) is 5.33. The molecular formula is C5H11N3. The van der Waals surface area contributed by atoms with Gasteiger partial charge in [0.25, 0.3) is 0 Å². The highest BCUT2D eigenvalue weighted by molar-refractivity contribution is 5.89. The zero-order chi connectivity index (χ0) is 6.57. The Kier molecular flexibility index (Phi) is 2.84. The number of aliphatic imine (C=N–C) groups is 1. The summed E-state index contributed by atoms with van der Waals surface area (Å²) < 4.78 is 1.47. The van der Waals surface area contributed by atoms with Gasteiger partial charge in [0.15, 0.2) is 0 Å². The van der Waals surface area contributed by atoms with E-state index in [1.807, 2.05) is 6.92 Å². The Bertz CT molecular complexity index is 115. The molecule has 0 aliphatic carbocycles. The molecule has 3 nitrogen and oxygen atoms in total. The zero-order valence-corrected chi connectivity index (χ0v) is 5.55. The largest absolute Gasteiger partial charge is 0.468 e. The molecule has 0 saturated heterocycles. The first-order valence-electron chi connectivity index (χ1n) is 2.36. The second kappa shape index (κ2) is 3.18. The van der Waals surface area contributed by atoms with Crippen molar-refractivity contribution in [3.63, 3.8) is 0 Å². The molecule has 0 atom stereocenters. The van der Waals surface area contributed by atoms with Crippen LogP contribution in [0, 0.1) is 0 Å². The van der Waals surface area contributed by atoms with E-state index < -0.39 is 0 Å². The van der Waals surface area contributed by atoms with Crippen LogP contribution in [0.5, 0.6) is 0 Å². The predicted molar refractivity (Wildman–Crippen MR) is 35.7 cm³/mol. The standard InChI is InChI=1S/C5H11N3/c1-5(6-2)7-8(3)4/h3H2,1-2,4H3. The van der Waals surface area contributed by atoms with Crippen LogP contribution in [0.15, 0.2) is 4.99 Å². The third-order valence-corrected chi connectivity index (χ3v) is 0.639. The van der Waals surface area contributed by atoms with Crippen LogP contribution in [0.1, 0.15) is 6.92 Å². The van der Waals surface area contributed by atoms with Crippen molar-refractivity contribution in [2.45, 2.75) is 6.92 Å². The van der Waals surface area contributed by atoms with Gasteiger partial charge in [-0.05, 0) is 12.8 Å². The lowest BCUT2D eigenvalue weighted by Gasteiger charge is -2.03. The SMILES string of the molecule is C=[N+](C)[N-]C(C)=NC. The Morgan fingerprint density at radius 3 is 2.38 bits per heavy atom. The monoisotopic (exact) mass is 113 g/mol. The summed E-state index contributed by atoms with van der Waals surface area (Å²) >= 11 is 0. The van der Waals surface area contributed by atoms with Crippen LogP contribution >= 0.6 is 0 Å². The van der Waals surface area contributed by atoms with Crippen LogP contribution in [0.3, 0.4) is 0 Å². The number of rotatable bonds is 1. The maximum absolute atomic E-state index is 3.87. The molecule has 0 N–H and O–H groups in total. The third kappa shape index (κ3) is 3.33. The van der Waals surface area contributed by atoms with Crippen LogP contribution < -0.4 is 0 Å². The summed E-state index contributed by atoms with van der Waals surface area (Å²) in [5, 5.41) is 0. The van der Waals surface area contributed by atoms with Crippen molar-refractivity contribution in [1.82, 2.24) is 0 Å². The molecule has 0 heterocycles. The van der Waals surface area contributed by atoms with Gasteiger partial charge in [0.05, 0.1) is 0 Å². The molecule has 0 bridgehead atoms. The molecule has 0 aromatic heterocycles. The molecule has 0 aliphatic heterocycles. The smallest absolute Gasteiger partial charge is 0.145 e. The highest BCUT2D eigenvalue weighted by atomic mass is 15.4. The zero-order valence-electron chi connectivity index (χ0n) is 5.55. The second-order valence-corrected chi connectivity index (χ2v) is 1.53. The Balaban J connectivity index is 3.56. The van der Waals surface area contributed by atoms with Gasteiger partial charge >= 0.3 is 0 Å². The summed E-state index contributed by atoms with van der Waals surface area (Å²) in [4.78, 5) is 3.80. The third-order valence-electron chi connectivity index (χ3n) is 0.639. The second-order valence-electron chi connectivity index (χ2n) is 1.53. The van der Waals surface area contributed by atoms with Gasteiger partial charge in [0.1, 0.15) is 13.8 Å². The quantitative estimate of drug-likeness (QED) is 0.207. The van der Waals surface area contributed by atoms with Gasteiger partial charge in [-0.2, -0.15) is 4.68 Å². The van der Waals surface area contributed by atoms with E-state index in [0.29, 0.717) is 0 Å². The molecule has 0 amide bonds. The number of hydrogen-bond donors (Lipinski definition) is 0. The summed E-state index contributed by atoms with van der Waals surface area (Å²) in [5.74, 6) is 0.738. The predicted octanol–water partition coefficient (Wildman–Crippen LogP) is 0.666. The molecule has 0 aromatic carbocycles. The Morgan fingerprint density at radius 2 is 2.25 bits per heavy atom. The fourth-order valence-corrected chi connectivity index (χ4v) is 0.292. The normalized spacial score (nSPS) is 11.1. The lowest BCUT2D eigenvalue weighted by molar-refractivity contribution is -0.425. The molecule has 0 aromatic rings. The first-order valence-corrected chi connectivity index (χ1v) is 2.36. The number of amidine groups is 1. The maximum Gasteiger partial charge on any atom is 0.145 e. The van der Waals surface area contributed by atoms with E-state index in [1.165, 1.54) is 4.68 Å². The van der Waals surface area contributed by atoms with E-state index >= 15 is 0 Å². The van der Waals surface area contributed by atoms with Gasteiger partial charge in [-0.25, -0.2) is 5.43 Å². The van der Waals surface area contributed by atoms with Crippen LogP contribution in [-0.2, 0) is 0 Å². The van der Waals surface area contributed by atoms with Crippen molar-refractivity contribution >= 4 is 12.6 Å². The Morgan fingerprint density at radius 1 is 1.75 bits per heavy atom. The van der Waals surface area contributed by atoms with E-state index in [9.17, 15) is 0 Å². The van der Waals surface area contributed by atoms with Crippen molar-refractivity contribution in [3.8, 4) is 0 Å². The lowest BCUT2D eigenvalue weighted by Crippen LogP contribution is -2.00. The van der Waals surface area contributed by atoms with Crippen LogP contribution in [0.25, 0.3) is 5.43 Å². The van der Waals surface area contributed by atoms with Gasteiger partial charge in [0, 0.05) is 0 Å². The molecule has 0 spiro atoms. The van der Waals surface area contributed by atoms with Crippen molar-refractivity contribution in [2.75, 3.05) is 14.1 Å². The Hall–Kier alpha value is -0.860. The van der Waals surface area contributed by atoms with E-state index in [1.54, 1.807) is 14.1 Å². The topological polar surface area (TPSA) is 29.5 Å². The van der Waals surface area contributed by atoms with Crippen LogP contribution in [-0.4, -0.2) is 31.3 Å². The molecule has 46 valence electrons. The minimum atomic E-state index is 0.738. The van der Waals surface area contributed by atoms with Gasteiger partial charge in [0.2, 0.25) is 0 Å². The van der Waals surface area contributed by atoms with E-state index in [2.05, 4.69) is 17.1 Å². The average Bonchev–Trinajstić information content (AvgIpc) is 1.65. The Labute approximate surface area is 49.7 Å². The van der Waals surface area contributed by atoms with Gasteiger partial charge in [-0.15, -0.1) is 0 Å². The van der Waals surface area contributed by atoms with Crippen molar-refractivity contribution in [1.29, 1.82) is 0 Å².